The first-order valence-electron chi connectivity index (χ1n) is 11.3. The van der Waals surface area contributed by atoms with Crippen LogP contribution in [0.4, 0.5) is 0 Å². The van der Waals surface area contributed by atoms with Gasteiger partial charge in [-0.1, -0.05) is 103 Å². The SMILES string of the molecule is OB(O)Oc1ccc(-c2c3ccccc3c(-c3cccc4ccccc34)c3ccccc23)cc1. The summed E-state index contributed by atoms with van der Waals surface area (Å²) in [7, 11) is -1.84. The molecule has 0 saturated heterocycles. The van der Waals surface area contributed by atoms with Gasteiger partial charge >= 0.3 is 7.32 Å². The fraction of sp³-hybridized carbons (Fsp3) is 0. The van der Waals surface area contributed by atoms with Crippen LogP contribution in [0.3, 0.4) is 0 Å². The van der Waals surface area contributed by atoms with E-state index in [1.807, 2.05) is 12.1 Å². The molecule has 0 bridgehead atoms. The van der Waals surface area contributed by atoms with E-state index in [1.165, 1.54) is 43.4 Å². The minimum absolute atomic E-state index is 0.403. The van der Waals surface area contributed by atoms with Crippen molar-refractivity contribution in [1.82, 2.24) is 0 Å². The van der Waals surface area contributed by atoms with Crippen LogP contribution in [-0.2, 0) is 0 Å². The Balaban J connectivity index is 1.70. The molecule has 6 aromatic carbocycles. The maximum Gasteiger partial charge on any atom is 0.707 e. The zero-order chi connectivity index (χ0) is 23.1. The molecule has 0 aromatic heterocycles. The van der Waals surface area contributed by atoms with Crippen LogP contribution in [0.5, 0.6) is 5.75 Å². The van der Waals surface area contributed by atoms with Crippen LogP contribution >= 0.6 is 0 Å². The van der Waals surface area contributed by atoms with Crippen LogP contribution in [0.2, 0.25) is 0 Å². The zero-order valence-electron chi connectivity index (χ0n) is 18.3. The van der Waals surface area contributed by atoms with Crippen molar-refractivity contribution >= 4 is 39.6 Å². The molecular weight excluding hydrogens is 419 g/mol. The van der Waals surface area contributed by atoms with E-state index in [1.54, 1.807) is 12.1 Å². The lowest BCUT2D eigenvalue weighted by Gasteiger charge is -2.19. The first-order chi connectivity index (χ1) is 16.7. The standard InChI is InChI=1S/C30H21BO3/c32-31(33)34-22-18-16-21(17-19-22)29-25-11-3-5-13-27(25)30(28-14-6-4-12-26(28)29)24-15-7-9-20-8-1-2-10-23(20)24/h1-19,32-33H. The van der Waals surface area contributed by atoms with Gasteiger partial charge in [0.05, 0.1) is 0 Å². The van der Waals surface area contributed by atoms with Crippen LogP contribution in [0, 0.1) is 0 Å². The molecule has 0 saturated carbocycles. The van der Waals surface area contributed by atoms with Gasteiger partial charge in [-0.25, -0.2) is 0 Å². The molecule has 0 spiro atoms. The van der Waals surface area contributed by atoms with Gasteiger partial charge in [-0.05, 0) is 66.7 Å². The van der Waals surface area contributed by atoms with Crippen molar-refractivity contribution in [2.45, 2.75) is 0 Å². The second kappa shape index (κ2) is 8.34. The van der Waals surface area contributed by atoms with E-state index < -0.39 is 7.32 Å². The Morgan fingerprint density at radius 2 is 0.971 bits per heavy atom. The van der Waals surface area contributed by atoms with Crippen LogP contribution in [0.1, 0.15) is 0 Å². The van der Waals surface area contributed by atoms with E-state index in [0.29, 0.717) is 5.75 Å². The van der Waals surface area contributed by atoms with Gasteiger partial charge in [-0.3, -0.25) is 0 Å². The lowest BCUT2D eigenvalue weighted by Crippen LogP contribution is -2.20. The van der Waals surface area contributed by atoms with Crippen LogP contribution in [-0.4, -0.2) is 17.4 Å². The van der Waals surface area contributed by atoms with Crippen LogP contribution < -0.4 is 4.65 Å². The third kappa shape index (κ3) is 3.41. The van der Waals surface area contributed by atoms with Crippen molar-refractivity contribution in [1.29, 1.82) is 0 Å². The van der Waals surface area contributed by atoms with Crippen LogP contribution in [0.15, 0.2) is 115 Å². The minimum Gasteiger partial charge on any atom is -0.512 e. The maximum absolute atomic E-state index is 9.12. The van der Waals surface area contributed by atoms with Crippen LogP contribution in [0.25, 0.3) is 54.6 Å². The molecule has 0 unspecified atom stereocenters. The highest BCUT2D eigenvalue weighted by Crippen LogP contribution is 2.45. The Morgan fingerprint density at radius 3 is 1.56 bits per heavy atom. The summed E-state index contributed by atoms with van der Waals surface area (Å²) >= 11 is 0. The Labute approximate surface area is 197 Å². The molecule has 0 amide bonds. The first-order valence-corrected chi connectivity index (χ1v) is 11.3. The fourth-order valence-corrected chi connectivity index (χ4v) is 4.99. The van der Waals surface area contributed by atoms with Gasteiger partial charge in [-0.15, -0.1) is 0 Å². The van der Waals surface area contributed by atoms with E-state index in [2.05, 4.69) is 91.0 Å². The Kier molecular flexibility index (Phi) is 5.03. The minimum atomic E-state index is -1.84. The number of hydrogen-bond acceptors (Lipinski definition) is 3. The molecule has 162 valence electrons. The smallest absolute Gasteiger partial charge is 0.512 e. The summed E-state index contributed by atoms with van der Waals surface area (Å²) in [5.41, 5.74) is 4.63. The first kappa shape index (κ1) is 20.5. The fourth-order valence-electron chi connectivity index (χ4n) is 4.99. The third-order valence-electron chi connectivity index (χ3n) is 6.37. The Morgan fingerprint density at radius 1 is 0.471 bits per heavy atom. The van der Waals surface area contributed by atoms with Crippen molar-refractivity contribution in [3.05, 3.63) is 115 Å². The van der Waals surface area contributed by atoms with Gasteiger partial charge in [0.1, 0.15) is 5.75 Å². The molecule has 0 fully saturated rings. The van der Waals surface area contributed by atoms with Gasteiger partial charge in [0, 0.05) is 0 Å². The normalized spacial score (nSPS) is 11.2. The molecule has 0 heterocycles. The molecule has 0 aliphatic carbocycles. The number of hydrogen-bond donors (Lipinski definition) is 2. The predicted octanol–water partition coefficient (Wildman–Crippen LogP) is 6.83. The lowest BCUT2D eigenvalue weighted by atomic mass is 9.85. The molecule has 6 aromatic rings. The Hall–Kier alpha value is -4.12. The summed E-state index contributed by atoms with van der Waals surface area (Å²) < 4.78 is 5.01. The molecule has 6 rings (SSSR count). The topological polar surface area (TPSA) is 49.7 Å². The monoisotopic (exact) mass is 440 g/mol. The van der Waals surface area contributed by atoms with Gasteiger partial charge < -0.3 is 14.7 Å². The number of benzene rings is 6. The molecule has 0 aliphatic heterocycles. The summed E-state index contributed by atoms with van der Waals surface area (Å²) in [6.45, 7) is 0. The molecule has 2 N–H and O–H groups in total. The maximum atomic E-state index is 9.12. The highest BCUT2D eigenvalue weighted by Gasteiger charge is 2.18. The van der Waals surface area contributed by atoms with Gasteiger partial charge in [0.25, 0.3) is 0 Å². The molecule has 3 nitrogen and oxygen atoms in total. The second-order valence-electron chi connectivity index (χ2n) is 8.34. The quantitative estimate of drug-likeness (QED) is 0.233. The van der Waals surface area contributed by atoms with E-state index >= 15 is 0 Å². The molecule has 34 heavy (non-hydrogen) atoms. The van der Waals surface area contributed by atoms with Gasteiger partial charge in [-0.2, -0.15) is 0 Å². The van der Waals surface area contributed by atoms with Crippen molar-refractivity contribution in [2.24, 2.45) is 0 Å². The van der Waals surface area contributed by atoms with Crippen molar-refractivity contribution in [3.8, 4) is 28.0 Å². The summed E-state index contributed by atoms with van der Waals surface area (Å²) in [5.74, 6) is 0.403. The van der Waals surface area contributed by atoms with E-state index in [9.17, 15) is 0 Å². The number of fused-ring (bicyclic) bond motifs is 3. The highest BCUT2D eigenvalue weighted by molar-refractivity contribution is 6.33. The second-order valence-corrected chi connectivity index (χ2v) is 8.34. The van der Waals surface area contributed by atoms with E-state index in [-0.39, 0.29) is 0 Å². The average Bonchev–Trinajstić information content (AvgIpc) is 2.87. The predicted molar refractivity (Wildman–Crippen MR) is 141 cm³/mol. The molecule has 4 heteroatoms. The van der Waals surface area contributed by atoms with Crippen molar-refractivity contribution in [3.63, 3.8) is 0 Å². The molecule has 0 atom stereocenters. The Bertz CT molecular complexity index is 1590. The third-order valence-corrected chi connectivity index (χ3v) is 6.37. The van der Waals surface area contributed by atoms with Crippen molar-refractivity contribution in [2.75, 3.05) is 0 Å². The largest absolute Gasteiger partial charge is 0.707 e. The summed E-state index contributed by atoms with van der Waals surface area (Å²) in [5, 5.41) is 25.4. The molecular formula is C30H21BO3. The van der Waals surface area contributed by atoms with Gasteiger partial charge in [0.15, 0.2) is 0 Å². The summed E-state index contributed by atoms with van der Waals surface area (Å²) in [6.07, 6.45) is 0. The van der Waals surface area contributed by atoms with E-state index in [4.69, 9.17) is 14.7 Å². The average molecular weight is 440 g/mol. The van der Waals surface area contributed by atoms with Gasteiger partial charge in [0.2, 0.25) is 0 Å². The molecule has 0 aliphatic rings. The summed E-state index contributed by atoms with van der Waals surface area (Å²) in [4.78, 5) is 0. The summed E-state index contributed by atoms with van der Waals surface area (Å²) in [6, 6.07) is 39.5. The highest BCUT2D eigenvalue weighted by atomic mass is 16.6. The van der Waals surface area contributed by atoms with E-state index in [0.717, 1.165) is 11.1 Å². The number of rotatable bonds is 4. The lowest BCUT2D eigenvalue weighted by molar-refractivity contribution is 0.288. The van der Waals surface area contributed by atoms with Crippen molar-refractivity contribution < 1.29 is 14.7 Å². The zero-order valence-corrected chi connectivity index (χ0v) is 18.3. The molecule has 0 radical (unpaired) electrons.